The van der Waals surface area contributed by atoms with Gasteiger partial charge in [0.25, 0.3) is 11.7 Å². The van der Waals surface area contributed by atoms with Gasteiger partial charge in [0, 0.05) is 9.13 Å². The predicted molar refractivity (Wildman–Crippen MR) is 148 cm³/mol. The molecule has 1 aliphatic rings. The summed E-state index contributed by atoms with van der Waals surface area (Å²) in [5.74, 6) is -0.459. The molecule has 1 amide bonds. The highest BCUT2D eigenvalue weighted by Crippen LogP contribution is 2.40. The average Bonchev–Trinajstić information content (AvgIpc) is 3.50. The molecule has 1 N–H and O–H groups in total. The van der Waals surface area contributed by atoms with Gasteiger partial charge in [-0.3, -0.25) is 9.59 Å². The average molecular weight is 605 g/mol. The molecular formula is C30H24INO5. The van der Waals surface area contributed by atoms with Crippen molar-refractivity contribution in [3.05, 3.63) is 128 Å². The summed E-state index contributed by atoms with van der Waals surface area (Å²) in [6.45, 7) is 2.55. The SMILES string of the molecule is Cc1cccc(COc2ccc(C(O)=C3C(=O)C(=O)N(Cc4ccco4)C3c3ccc(I)cc3)cc2)c1. The van der Waals surface area contributed by atoms with Gasteiger partial charge in [-0.05, 0) is 89.2 Å². The lowest BCUT2D eigenvalue weighted by molar-refractivity contribution is -0.140. The van der Waals surface area contributed by atoms with Crippen molar-refractivity contribution >= 4 is 40.0 Å². The zero-order valence-corrected chi connectivity index (χ0v) is 22.2. The lowest BCUT2D eigenvalue weighted by Gasteiger charge is -2.24. The Labute approximate surface area is 228 Å². The summed E-state index contributed by atoms with van der Waals surface area (Å²) < 4.78 is 12.3. The number of halogens is 1. The van der Waals surface area contributed by atoms with E-state index in [0.717, 1.165) is 20.3 Å². The van der Waals surface area contributed by atoms with Crippen LogP contribution in [0.5, 0.6) is 5.75 Å². The van der Waals surface area contributed by atoms with Crippen molar-refractivity contribution in [3.63, 3.8) is 0 Å². The van der Waals surface area contributed by atoms with Crippen molar-refractivity contribution in [2.24, 2.45) is 0 Å². The molecule has 6 nitrogen and oxygen atoms in total. The van der Waals surface area contributed by atoms with Gasteiger partial charge in [0.05, 0.1) is 24.4 Å². The van der Waals surface area contributed by atoms with E-state index in [0.29, 0.717) is 23.7 Å². The van der Waals surface area contributed by atoms with Crippen LogP contribution in [0.2, 0.25) is 0 Å². The summed E-state index contributed by atoms with van der Waals surface area (Å²) in [4.78, 5) is 27.7. The Bertz CT molecular complexity index is 1460. The largest absolute Gasteiger partial charge is 0.507 e. The van der Waals surface area contributed by atoms with E-state index in [1.54, 1.807) is 36.4 Å². The molecule has 37 heavy (non-hydrogen) atoms. The van der Waals surface area contributed by atoms with E-state index < -0.39 is 17.7 Å². The maximum atomic E-state index is 13.2. The molecule has 3 aromatic carbocycles. The van der Waals surface area contributed by atoms with Crippen molar-refractivity contribution < 1.29 is 23.8 Å². The molecule has 5 rings (SSSR count). The fourth-order valence-electron chi connectivity index (χ4n) is 4.44. The molecule has 1 fully saturated rings. The molecule has 0 bridgehead atoms. The van der Waals surface area contributed by atoms with Gasteiger partial charge in [-0.15, -0.1) is 0 Å². The first-order chi connectivity index (χ1) is 17.9. The van der Waals surface area contributed by atoms with Crippen LogP contribution in [0.15, 0.2) is 101 Å². The van der Waals surface area contributed by atoms with Crippen LogP contribution >= 0.6 is 22.6 Å². The van der Waals surface area contributed by atoms with Gasteiger partial charge in [0.2, 0.25) is 0 Å². The molecule has 1 saturated heterocycles. The number of rotatable bonds is 7. The summed E-state index contributed by atoms with van der Waals surface area (Å²) in [6, 6.07) is 25.2. The zero-order valence-electron chi connectivity index (χ0n) is 20.1. The molecule has 0 radical (unpaired) electrons. The topological polar surface area (TPSA) is 80.0 Å². The Kier molecular flexibility index (Phi) is 7.14. The fourth-order valence-corrected chi connectivity index (χ4v) is 4.80. The first kappa shape index (κ1) is 24.8. The molecule has 7 heteroatoms. The van der Waals surface area contributed by atoms with Gasteiger partial charge in [-0.2, -0.15) is 0 Å². The third-order valence-corrected chi connectivity index (χ3v) is 6.97. The zero-order chi connectivity index (χ0) is 25.9. The van der Waals surface area contributed by atoms with Gasteiger partial charge in [0.1, 0.15) is 23.9 Å². The summed E-state index contributed by atoms with van der Waals surface area (Å²) >= 11 is 2.20. The molecule has 4 aromatic rings. The third kappa shape index (κ3) is 5.32. The van der Waals surface area contributed by atoms with Crippen LogP contribution in [0.25, 0.3) is 5.76 Å². The first-order valence-corrected chi connectivity index (χ1v) is 12.8. The highest BCUT2D eigenvalue weighted by Gasteiger charge is 2.46. The van der Waals surface area contributed by atoms with E-state index in [1.807, 2.05) is 49.4 Å². The summed E-state index contributed by atoms with van der Waals surface area (Å²) in [6.07, 6.45) is 1.52. The van der Waals surface area contributed by atoms with Gasteiger partial charge in [0.15, 0.2) is 0 Å². The molecule has 1 atom stereocenters. The summed E-state index contributed by atoms with van der Waals surface area (Å²) in [5, 5.41) is 11.3. The molecule has 1 aromatic heterocycles. The molecule has 0 saturated carbocycles. The standard InChI is InChI=1S/C30H24INO5/c1-19-4-2-5-20(16-19)18-37-24-13-9-22(10-14-24)28(33)26-27(21-7-11-23(31)12-8-21)32(30(35)29(26)34)17-25-6-3-15-36-25/h2-16,27,33H,17-18H2,1H3. The number of aliphatic hydroxyl groups excluding tert-OH is 1. The van der Waals surface area contributed by atoms with Gasteiger partial charge in [-0.1, -0.05) is 42.0 Å². The Hall–Kier alpha value is -3.85. The number of hydrogen-bond donors (Lipinski definition) is 1. The molecule has 186 valence electrons. The fraction of sp³-hybridized carbons (Fsp3) is 0.133. The quantitative estimate of drug-likeness (QED) is 0.114. The minimum Gasteiger partial charge on any atom is -0.507 e. The number of amides is 1. The number of nitrogens with zero attached hydrogens (tertiary/aromatic N) is 1. The van der Waals surface area contributed by atoms with Crippen molar-refractivity contribution in [1.82, 2.24) is 4.90 Å². The van der Waals surface area contributed by atoms with Crippen LogP contribution in [0.4, 0.5) is 0 Å². The Balaban J connectivity index is 1.46. The number of aryl methyl sites for hydroxylation is 1. The van der Waals surface area contributed by atoms with Gasteiger partial charge in [-0.25, -0.2) is 0 Å². The minimum atomic E-state index is -0.751. The molecule has 1 unspecified atom stereocenters. The van der Waals surface area contributed by atoms with Crippen molar-refractivity contribution in [2.75, 3.05) is 0 Å². The van der Waals surface area contributed by atoms with E-state index in [2.05, 4.69) is 28.7 Å². The number of hydrogen-bond acceptors (Lipinski definition) is 5. The number of likely N-dealkylation sites (tertiary alicyclic amines) is 1. The Morgan fingerprint density at radius 2 is 1.76 bits per heavy atom. The van der Waals surface area contributed by atoms with Gasteiger partial charge < -0.3 is 19.2 Å². The Morgan fingerprint density at radius 1 is 1.00 bits per heavy atom. The second-order valence-corrected chi connectivity index (χ2v) is 10.1. The smallest absolute Gasteiger partial charge is 0.296 e. The number of carbonyl (C=O) groups is 2. The van der Waals surface area contributed by atoms with Crippen LogP contribution in [-0.4, -0.2) is 21.7 Å². The number of benzene rings is 3. The lowest BCUT2D eigenvalue weighted by atomic mass is 9.95. The van der Waals surface area contributed by atoms with Crippen molar-refractivity contribution in [2.45, 2.75) is 26.1 Å². The summed E-state index contributed by atoms with van der Waals surface area (Å²) in [7, 11) is 0. The number of furan rings is 1. The number of Topliss-reactive ketones (excluding diaryl/α,β-unsaturated/α-hetero) is 1. The number of carbonyl (C=O) groups excluding carboxylic acids is 2. The van der Waals surface area contributed by atoms with Crippen LogP contribution < -0.4 is 4.74 Å². The van der Waals surface area contributed by atoms with Crippen LogP contribution in [0, 0.1) is 10.5 Å². The van der Waals surface area contributed by atoms with E-state index in [1.165, 1.54) is 11.2 Å². The van der Waals surface area contributed by atoms with Gasteiger partial charge >= 0.3 is 0 Å². The molecule has 0 aliphatic carbocycles. The maximum Gasteiger partial charge on any atom is 0.296 e. The van der Waals surface area contributed by atoms with E-state index in [-0.39, 0.29) is 17.9 Å². The van der Waals surface area contributed by atoms with Crippen molar-refractivity contribution in [1.29, 1.82) is 0 Å². The number of ketones is 1. The van der Waals surface area contributed by atoms with Crippen molar-refractivity contribution in [3.8, 4) is 5.75 Å². The van der Waals surface area contributed by atoms with Crippen LogP contribution in [-0.2, 0) is 22.7 Å². The predicted octanol–water partition coefficient (Wildman–Crippen LogP) is 6.39. The highest BCUT2D eigenvalue weighted by molar-refractivity contribution is 14.1. The molecule has 0 spiro atoms. The third-order valence-electron chi connectivity index (χ3n) is 6.25. The second-order valence-electron chi connectivity index (χ2n) is 8.86. The van der Waals surface area contributed by atoms with E-state index in [4.69, 9.17) is 9.15 Å². The monoisotopic (exact) mass is 605 g/mol. The van der Waals surface area contributed by atoms with E-state index >= 15 is 0 Å². The summed E-state index contributed by atoms with van der Waals surface area (Å²) in [5.41, 5.74) is 3.42. The Morgan fingerprint density at radius 3 is 2.43 bits per heavy atom. The lowest BCUT2D eigenvalue weighted by Crippen LogP contribution is -2.29. The number of ether oxygens (including phenoxy) is 1. The van der Waals surface area contributed by atoms with Crippen LogP contribution in [0.3, 0.4) is 0 Å². The minimum absolute atomic E-state index is 0.0474. The molecule has 2 heterocycles. The molecular weight excluding hydrogens is 581 g/mol. The van der Waals surface area contributed by atoms with E-state index in [9.17, 15) is 14.7 Å². The molecule has 1 aliphatic heterocycles. The van der Waals surface area contributed by atoms with Crippen LogP contribution in [0.1, 0.15) is 34.1 Å². The maximum absolute atomic E-state index is 13.2. The highest BCUT2D eigenvalue weighted by atomic mass is 127. The normalized spacial score (nSPS) is 16.8. The number of aliphatic hydroxyl groups is 1. The first-order valence-electron chi connectivity index (χ1n) is 11.8. The second kappa shape index (κ2) is 10.6.